The number of aliphatic hydroxyl groups is 2. The molecule has 0 aliphatic carbocycles. The molecule has 3 aromatic carbocycles. The highest BCUT2D eigenvalue weighted by Crippen LogP contribution is 2.39. The number of ether oxygens (including phenoxy) is 4. The van der Waals surface area contributed by atoms with Gasteiger partial charge in [-0.3, -0.25) is 4.79 Å². The lowest BCUT2D eigenvalue weighted by molar-refractivity contribution is -0.185. The molecule has 0 atom stereocenters. The van der Waals surface area contributed by atoms with Gasteiger partial charge in [-0.25, -0.2) is 23.5 Å². The van der Waals surface area contributed by atoms with E-state index in [0.717, 1.165) is 33.4 Å². The fraction of sp³-hybridized carbons (Fsp3) is 0.286. The molecule has 2 fully saturated rings. The number of halogens is 2. The van der Waals surface area contributed by atoms with Crippen molar-refractivity contribution in [2.45, 2.75) is 37.9 Å². The van der Waals surface area contributed by atoms with Crippen LogP contribution >= 0.6 is 0 Å². The summed E-state index contributed by atoms with van der Waals surface area (Å²) in [6.07, 6.45) is 0.683. The molecule has 0 saturated carbocycles. The third-order valence-corrected chi connectivity index (χ3v) is 9.69. The molecule has 2 saturated heterocycles. The number of carboxylic acids is 1. The highest BCUT2D eigenvalue weighted by Gasteiger charge is 2.42. The maximum atomic E-state index is 13.0. The predicted octanol–water partition coefficient (Wildman–Crippen LogP) is 6.63. The molecule has 0 spiro atoms. The van der Waals surface area contributed by atoms with Crippen LogP contribution in [-0.2, 0) is 27.1 Å². The lowest BCUT2D eigenvalue weighted by Crippen LogP contribution is -2.46. The normalized spacial score (nSPS) is 15.2. The number of ketones is 1. The summed E-state index contributed by atoms with van der Waals surface area (Å²) in [5.41, 5.74) is 4.75. The van der Waals surface area contributed by atoms with E-state index in [1.54, 1.807) is 60.9 Å². The lowest BCUT2D eigenvalue weighted by atomic mass is 9.89. The molecule has 2 aliphatic heterocycles. The smallest absolute Gasteiger partial charge is 0.335 e. The maximum Gasteiger partial charge on any atom is 0.335 e. The molecule has 2 aliphatic rings. The molecule has 0 radical (unpaired) electrons. The van der Waals surface area contributed by atoms with Gasteiger partial charge in [0.15, 0.2) is 5.78 Å². The molecule has 3 N–H and O–H groups in total. The first kappa shape index (κ1) is 39.1. The van der Waals surface area contributed by atoms with Crippen molar-refractivity contribution in [2.75, 3.05) is 40.6 Å². The van der Waals surface area contributed by atoms with E-state index >= 15 is 0 Å². The molecule has 0 bridgehead atoms. The van der Waals surface area contributed by atoms with Gasteiger partial charge in [-0.1, -0.05) is 36.4 Å². The van der Waals surface area contributed by atoms with Crippen LogP contribution in [0.2, 0.25) is 0 Å². The average molecular weight is 755 g/mol. The number of rotatable bonds is 11. The number of pyridine rings is 2. The summed E-state index contributed by atoms with van der Waals surface area (Å²) < 4.78 is 46.7. The van der Waals surface area contributed by atoms with Gasteiger partial charge >= 0.3 is 5.97 Å². The SMILES string of the molecule is COc1ncc(-c2cc(C(=O)Cc3cccc(C(F)F)c3)ccc2C)cc1C1(O)COC1.COc1ncc(-c2cc(C(=O)O)ccc2C)cc1C1(O)COC1. The van der Waals surface area contributed by atoms with Gasteiger partial charge in [0.1, 0.15) is 11.2 Å². The molecular weight excluding hydrogens is 714 g/mol. The number of aromatic carboxylic acids is 1. The number of benzene rings is 3. The number of hydrogen-bond acceptors (Lipinski definition) is 10. The van der Waals surface area contributed by atoms with Crippen LogP contribution in [0.15, 0.2) is 85.2 Å². The number of methoxy groups -OCH3 is 2. The third kappa shape index (κ3) is 8.25. The van der Waals surface area contributed by atoms with E-state index in [0.29, 0.717) is 34.0 Å². The molecular formula is C42H40F2N2O9. The van der Waals surface area contributed by atoms with Crippen molar-refractivity contribution in [1.82, 2.24) is 9.97 Å². The molecule has 13 heteroatoms. The molecule has 4 heterocycles. The minimum absolute atomic E-state index is 0.0201. The lowest BCUT2D eigenvalue weighted by Gasteiger charge is -2.37. The summed E-state index contributed by atoms with van der Waals surface area (Å²) in [6.45, 7) is 4.49. The second-order valence-corrected chi connectivity index (χ2v) is 13.6. The first-order chi connectivity index (χ1) is 26.2. The number of Topliss-reactive ketones (excluding diaryl/α,β-unsaturated/α-hetero) is 1. The summed E-state index contributed by atoms with van der Waals surface area (Å²) in [7, 11) is 2.98. The van der Waals surface area contributed by atoms with Gasteiger partial charge < -0.3 is 34.3 Å². The standard InChI is InChI=1S/C25H23F2NO4.C17H17NO5/c1-15-6-7-17(22(29)9-16-4-3-5-18(8-16)23(26)27)10-20(15)19-11-21(24(31-2)28-12-19)25(30)13-32-14-25;1-10-3-4-11(16(19)20)5-13(10)12-6-14(15(22-2)18-7-12)17(21)8-23-9-17/h3-8,10-12,23,30H,9,13-14H2,1-2H3;3-7,21H,8-9H2,1-2H3,(H,19,20). The zero-order chi connectivity index (χ0) is 39.5. The fourth-order valence-corrected chi connectivity index (χ4v) is 6.39. The number of carbonyl (C=O) groups excluding carboxylic acids is 1. The quantitative estimate of drug-likeness (QED) is 0.124. The van der Waals surface area contributed by atoms with Crippen LogP contribution in [0.5, 0.6) is 11.8 Å². The number of carbonyl (C=O) groups is 2. The van der Waals surface area contributed by atoms with Crippen molar-refractivity contribution in [3.05, 3.63) is 130 Å². The molecule has 286 valence electrons. The van der Waals surface area contributed by atoms with E-state index in [1.165, 1.54) is 32.4 Å². The molecule has 11 nitrogen and oxygen atoms in total. The number of alkyl halides is 2. The first-order valence-corrected chi connectivity index (χ1v) is 17.3. The van der Waals surface area contributed by atoms with Crippen LogP contribution in [0, 0.1) is 13.8 Å². The van der Waals surface area contributed by atoms with Crippen LogP contribution in [0.3, 0.4) is 0 Å². The summed E-state index contributed by atoms with van der Waals surface area (Å²) in [5.74, 6) is -0.501. The zero-order valence-corrected chi connectivity index (χ0v) is 30.6. The Labute approximate surface area is 316 Å². The van der Waals surface area contributed by atoms with E-state index < -0.39 is 23.6 Å². The first-order valence-electron chi connectivity index (χ1n) is 17.3. The number of aryl methyl sites for hydroxylation is 2. The topological polar surface area (TPSA) is 158 Å². The fourth-order valence-electron chi connectivity index (χ4n) is 6.39. The van der Waals surface area contributed by atoms with Crippen LogP contribution in [0.4, 0.5) is 8.78 Å². The third-order valence-electron chi connectivity index (χ3n) is 9.69. The van der Waals surface area contributed by atoms with E-state index in [1.807, 2.05) is 19.9 Å². The van der Waals surface area contributed by atoms with Gasteiger partial charge in [0.05, 0.1) is 57.3 Å². The molecule has 0 amide bonds. The molecule has 7 rings (SSSR count). The highest BCUT2D eigenvalue weighted by molar-refractivity contribution is 5.99. The Morgan fingerprint density at radius 2 is 1.24 bits per heavy atom. The monoisotopic (exact) mass is 754 g/mol. The Morgan fingerprint density at radius 3 is 1.67 bits per heavy atom. The summed E-state index contributed by atoms with van der Waals surface area (Å²) in [4.78, 5) is 32.7. The van der Waals surface area contributed by atoms with Crippen molar-refractivity contribution in [2.24, 2.45) is 0 Å². The van der Waals surface area contributed by atoms with Gasteiger partial charge in [0, 0.05) is 41.1 Å². The largest absolute Gasteiger partial charge is 0.481 e. The Balaban J connectivity index is 0.000000197. The second-order valence-electron chi connectivity index (χ2n) is 13.6. The Kier molecular flexibility index (Phi) is 11.4. The number of carboxylic acid groups (broad SMARTS) is 1. The van der Waals surface area contributed by atoms with Crippen LogP contribution < -0.4 is 9.47 Å². The van der Waals surface area contributed by atoms with Gasteiger partial charge in [-0.2, -0.15) is 0 Å². The summed E-state index contributed by atoms with van der Waals surface area (Å²) in [5, 5.41) is 30.5. The minimum Gasteiger partial charge on any atom is -0.481 e. The highest BCUT2D eigenvalue weighted by atomic mass is 19.3. The van der Waals surface area contributed by atoms with Crippen molar-refractivity contribution < 1.29 is 52.6 Å². The Bertz CT molecular complexity index is 2240. The predicted molar refractivity (Wildman–Crippen MR) is 198 cm³/mol. The summed E-state index contributed by atoms with van der Waals surface area (Å²) in [6, 6.07) is 19.7. The average Bonchev–Trinajstić information content (AvgIpc) is 3.16. The maximum absolute atomic E-state index is 13.0. The molecule has 5 aromatic rings. The number of nitrogens with zero attached hydrogens (tertiary/aromatic N) is 2. The Morgan fingerprint density at radius 1 is 0.745 bits per heavy atom. The van der Waals surface area contributed by atoms with Crippen molar-refractivity contribution in [3.63, 3.8) is 0 Å². The van der Waals surface area contributed by atoms with Crippen LogP contribution in [0.25, 0.3) is 22.3 Å². The van der Waals surface area contributed by atoms with E-state index in [4.69, 9.17) is 24.1 Å². The van der Waals surface area contributed by atoms with Gasteiger partial charge in [-0.05, 0) is 78.1 Å². The molecule has 55 heavy (non-hydrogen) atoms. The van der Waals surface area contributed by atoms with E-state index in [2.05, 4.69) is 9.97 Å². The molecule has 2 aromatic heterocycles. The van der Waals surface area contributed by atoms with Gasteiger partial charge in [0.25, 0.3) is 6.43 Å². The van der Waals surface area contributed by atoms with Crippen LogP contribution in [0.1, 0.15) is 60.5 Å². The van der Waals surface area contributed by atoms with E-state index in [-0.39, 0.29) is 49.8 Å². The minimum atomic E-state index is -2.58. The van der Waals surface area contributed by atoms with Crippen molar-refractivity contribution in [1.29, 1.82) is 0 Å². The van der Waals surface area contributed by atoms with Crippen LogP contribution in [-0.4, -0.2) is 77.7 Å². The van der Waals surface area contributed by atoms with Gasteiger partial charge in [0.2, 0.25) is 11.8 Å². The second kappa shape index (κ2) is 16.0. The summed E-state index contributed by atoms with van der Waals surface area (Å²) >= 11 is 0. The van der Waals surface area contributed by atoms with E-state index in [9.17, 15) is 28.6 Å². The Hall–Kier alpha value is -5.60. The van der Waals surface area contributed by atoms with Gasteiger partial charge in [-0.15, -0.1) is 0 Å². The number of aromatic nitrogens is 2. The molecule has 0 unspecified atom stereocenters. The number of hydrogen-bond donors (Lipinski definition) is 3. The van der Waals surface area contributed by atoms with Crippen molar-refractivity contribution in [3.8, 4) is 34.0 Å². The van der Waals surface area contributed by atoms with Crippen molar-refractivity contribution >= 4 is 11.8 Å². The zero-order valence-electron chi connectivity index (χ0n) is 30.6.